The maximum Gasteiger partial charge on any atom is 0.163 e. The van der Waals surface area contributed by atoms with E-state index in [1.165, 1.54) is 0 Å². The summed E-state index contributed by atoms with van der Waals surface area (Å²) >= 11 is 0. The Balaban J connectivity index is 1.80. The zero-order valence-corrected chi connectivity index (χ0v) is 18.6. The highest BCUT2D eigenvalue weighted by molar-refractivity contribution is 6.07. The second-order valence-corrected chi connectivity index (χ2v) is 8.56. The first-order chi connectivity index (χ1) is 14.9. The molecule has 0 spiro atoms. The SMILES string of the molecule is CCOc1cc(C)cc(-c2ccc3ncc(C(C)=O)c(NC4CCC(N)CC4)c3c2)c1. The summed E-state index contributed by atoms with van der Waals surface area (Å²) in [5, 5.41) is 4.65. The minimum atomic E-state index is 0.0176. The van der Waals surface area contributed by atoms with Crippen molar-refractivity contribution in [1.29, 1.82) is 0 Å². The number of pyridine rings is 1. The van der Waals surface area contributed by atoms with Gasteiger partial charge in [0.15, 0.2) is 5.78 Å². The van der Waals surface area contributed by atoms with Gasteiger partial charge in [-0.2, -0.15) is 0 Å². The minimum absolute atomic E-state index is 0.0176. The third-order valence-electron chi connectivity index (χ3n) is 6.06. The van der Waals surface area contributed by atoms with Gasteiger partial charge in [0.05, 0.1) is 23.4 Å². The van der Waals surface area contributed by atoms with Gasteiger partial charge in [0.25, 0.3) is 0 Å². The smallest absolute Gasteiger partial charge is 0.163 e. The molecule has 2 aromatic carbocycles. The molecule has 3 N–H and O–H groups in total. The monoisotopic (exact) mass is 417 g/mol. The second-order valence-electron chi connectivity index (χ2n) is 8.56. The molecule has 0 unspecified atom stereocenters. The third kappa shape index (κ3) is 4.72. The maximum atomic E-state index is 12.4. The summed E-state index contributed by atoms with van der Waals surface area (Å²) in [4.78, 5) is 17.0. The maximum absolute atomic E-state index is 12.4. The van der Waals surface area contributed by atoms with E-state index < -0.39 is 0 Å². The van der Waals surface area contributed by atoms with E-state index in [1.807, 2.05) is 19.1 Å². The van der Waals surface area contributed by atoms with Crippen LogP contribution >= 0.6 is 0 Å². The number of anilines is 1. The van der Waals surface area contributed by atoms with E-state index in [0.717, 1.165) is 64.7 Å². The van der Waals surface area contributed by atoms with Crippen LogP contribution in [0, 0.1) is 6.92 Å². The first kappa shape index (κ1) is 21.3. The standard InChI is InChI=1S/C26H31N3O2/c1-4-31-22-12-16(2)11-19(13-22)18-5-10-25-23(14-18)26(24(15-28-25)17(3)30)29-21-8-6-20(27)7-9-21/h5,10-15,20-21H,4,6-9,27H2,1-3H3,(H,28,29). The number of ketones is 1. The van der Waals surface area contributed by atoms with Crippen LogP contribution in [0.5, 0.6) is 5.75 Å². The van der Waals surface area contributed by atoms with Gasteiger partial charge < -0.3 is 15.8 Å². The summed E-state index contributed by atoms with van der Waals surface area (Å²) in [5.74, 6) is 0.883. The van der Waals surface area contributed by atoms with Crippen molar-refractivity contribution in [3.63, 3.8) is 0 Å². The van der Waals surface area contributed by atoms with Crippen molar-refractivity contribution in [1.82, 2.24) is 4.98 Å². The van der Waals surface area contributed by atoms with E-state index in [9.17, 15) is 4.79 Å². The third-order valence-corrected chi connectivity index (χ3v) is 6.06. The molecule has 3 aromatic rings. The van der Waals surface area contributed by atoms with Crippen LogP contribution in [-0.2, 0) is 0 Å². The molecule has 4 rings (SSSR count). The number of carbonyl (C=O) groups is 1. The number of benzene rings is 2. The number of aromatic nitrogens is 1. The average molecular weight is 418 g/mol. The number of hydrogen-bond donors (Lipinski definition) is 2. The molecule has 1 heterocycles. The van der Waals surface area contributed by atoms with Crippen LogP contribution in [0.4, 0.5) is 5.69 Å². The summed E-state index contributed by atoms with van der Waals surface area (Å²) in [6, 6.07) is 13.1. The first-order valence-corrected chi connectivity index (χ1v) is 11.1. The summed E-state index contributed by atoms with van der Waals surface area (Å²) in [6.45, 7) is 6.29. The van der Waals surface area contributed by atoms with E-state index in [2.05, 4.69) is 41.5 Å². The Kier molecular flexibility index (Phi) is 6.23. The lowest BCUT2D eigenvalue weighted by Crippen LogP contribution is -2.33. The number of rotatable bonds is 6. The normalized spacial score (nSPS) is 18.7. The van der Waals surface area contributed by atoms with Gasteiger partial charge in [-0.15, -0.1) is 0 Å². The number of aryl methyl sites for hydroxylation is 1. The lowest BCUT2D eigenvalue weighted by atomic mass is 9.91. The van der Waals surface area contributed by atoms with Gasteiger partial charge in [-0.05, 0) is 87.4 Å². The molecule has 1 aliphatic rings. The number of hydrogen-bond acceptors (Lipinski definition) is 5. The molecule has 1 fully saturated rings. The van der Waals surface area contributed by atoms with Crippen molar-refractivity contribution in [2.45, 2.75) is 58.5 Å². The number of carbonyl (C=O) groups excluding carboxylic acids is 1. The Morgan fingerprint density at radius 3 is 2.61 bits per heavy atom. The molecule has 0 saturated heterocycles. The molecule has 0 atom stereocenters. The van der Waals surface area contributed by atoms with E-state index >= 15 is 0 Å². The minimum Gasteiger partial charge on any atom is -0.494 e. The van der Waals surface area contributed by atoms with Crippen LogP contribution in [0.1, 0.15) is 55.5 Å². The fraction of sp³-hybridized carbons (Fsp3) is 0.385. The van der Waals surface area contributed by atoms with Crippen LogP contribution < -0.4 is 15.8 Å². The van der Waals surface area contributed by atoms with Crippen molar-refractivity contribution < 1.29 is 9.53 Å². The van der Waals surface area contributed by atoms with Crippen LogP contribution in [0.3, 0.4) is 0 Å². The van der Waals surface area contributed by atoms with Gasteiger partial charge in [0, 0.05) is 23.7 Å². The molecule has 0 radical (unpaired) electrons. The summed E-state index contributed by atoms with van der Waals surface area (Å²) in [5.41, 5.74) is 11.8. The average Bonchev–Trinajstić information content (AvgIpc) is 2.75. The van der Waals surface area contributed by atoms with Crippen molar-refractivity contribution in [3.05, 3.63) is 53.7 Å². The zero-order valence-electron chi connectivity index (χ0n) is 18.6. The summed E-state index contributed by atoms with van der Waals surface area (Å²) in [6.07, 6.45) is 5.73. The lowest BCUT2D eigenvalue weighted by Gasteiger charge is -2.28. The van der Waals surface area contributed by atoms with Crippen LogP contribution in [0.25, 0.3) is 22.0 Å². The zero-order chi connectivity index (χ0) is 22.0. The Hall–Kier alpha value is -2.92. The molecule has 1 aromatic heterocycles. The first-order valence-electron chi connectivity index (χ1n) is 11.1. The Morgan fingerprint density at radius 1 is 1.13 bits per heavy atom. The number of Topliss-reactive ketones (excluding diaryl/α,β-unsaturated/α-hetero) is 1. The van der Waals surface area contributed by atoms with Crippen LogP contribution in [0.2, 0.25) is 0 Å². The second kappa shape index (κ2) is 9.06. The van der Waals surface area contributed by atoms with E-state index in [-0.39, 0.29) is 11.8 Å². The molecule has 31 heavy (non-hydrogen) atoms. The van der Waals surface area contributed by atoms with Gasteiger partial charge in [-0.3, -0.25) is 9.78 Å². The summed E-state index contributed by atoms with van der Waals surface area (Å²) < 4.78 is 5.74. The highest BCUT2D eigenvalue weighted by atomic mass is 16.5. The Morgan fingerprint density at radius 2 is 1.90 bits per heavy atom. The lowest BCUT2D eigenvalue weighted by molar-refractivity contribution is 0.101. The van der Waals surface area contributed by atoms with Crippen LogP contribution in [0.15, 0.2) is 42.6 Å². The Labute approximate surface area is 184 Å². The van der Waals surface area contributed by atoms with Crippen molar-refractivity contribution in [2.24, 2.45) is 5.73 Å². The Bertz CT molecular complexity index is 1100. The molecule has 5 heteroatoms. The van der Waals surface area contributed by atoms with Gasteiger partial charge >= 0.3 is 0 Å². The fourth-order valence-electron chi connectivity index (χ4n) is 4.43. The number of nitrogens with two attached hydrogens (primary N) is 1. The molecular weight excluding hydrogens is 386 g/mol. The molecular formula is C26H31N3O2. The van der Waals surface area contributed by atoms with E-state index in [1.54, 1.807) is 13.1 Å². The van der Waals surface area contributed by atoms with Gasteiger partial charge in [0.1, 0.15) is 5.75 Å². The van der Waals surface area contributed by atoms with Crippen molar-refractivity contribution >= 4 is 22.4 Å². The number of nitrogens with one attached hydrogen (secondary N) is 1. The van der Waals surface area contributed by atoms with Crippen LogP contribution in [-0.4, -0.2) is 29.5 Å². The summed E-state index contributed by atoms with van der Waals surface area (Å²) in [7, 11) is 0. The molecule has 0 aliphatic heterocycles. The van der Waals surface area contributed by atoms with Crippen molar-refractivity contribution in [2.75, 3.05) is 11.9 Å². The molecule has 162 valence electrons. The fourth-order valence-corrected chi connectivity index (χ4v) is 4.43. The highest BCUT2D eigenvalue weighted by Gasteiger charge is 2.21. The van der Waals surface area contributed by atoms with E-state index in [4.69, 9.17) is 10.5 Å². The largest absolute Gasteiger partial charge is 0.494 e. The predicted molar refractivity (Wildman–Crippen MR) is 127 cm³/mol. The number of ether oxygens (including phenoxy) is 1. The molecule has 1 aliphatic carbocycles. The predicted octanol–water partition coefficient (Wildman–Crippen LogP) is 5.49. The molecule has 0 amide bonds. The molecule has 1 saturated carbocycles. The topological polar surface area (TPSA) is 77.2 Å². The van der Waals surface area contributed by atoms with Crippen molar-refractivity contribution in [3.8, 4) is 16.9 Å². The molecule has 0 bridgehead atoms. The molecule has 5 nitrogen and oxygen atoms in total. The van der Waals surface area contributed by atoms with Gasteiger partial charge in [0.2, 0.25) is 0 Å². The highest BCUT2D eigenvalue weighted by Crippen LogP contribution is 2.34. The number of fused-ring (bicyclic) bond motifs is 1. The van der Waals surface area contributed by atoms with Gasteiger partial charge in [-0.1, -0.05) is 12.1 Å². The van der Waals surface area contributed by atoms with Gasteiger partial charge in [-0.25, -0.2) is 0 Å². The number of nitrogens with zero attached hydrogens (tertiary/aromatic N) is 1. The van der Waals surface area contributed by atoms with E-state index in [0.29, 0.717) is 18.2 Å². The quantitative estimate of drug-likeness (QED) is 0.518.